The van der Waals surface area contributed by atoms with Gasteiger partial charge in [-0.05, 0) is 12.8 Å². The molecule has 0 heterocycles. The molecule has 1 saturated carbocycles. The predicted molar refractivity (Wildman–Crippen MR) is 61.0 cm³/mol. The van der Waals surface area contributed by atoms with E-state index in [-0.39, 0.29) is 12.5 Å². The third-order valence-corrected chi connectivity index (χ3v) is 3.28. The summed E-state index contributed by atoms with van der Waals surface area (Å²) < 4.78 is 0. The molecule has 4 nitrogen and oxygen atoms in total. The van der Waals surface area contributed by atoms with Gasteiger partial charge in [-0.25, -0.2) is 0 Å². The van der Waals surface area contributed by atoms with E-state index in [4.69, 9.17) is 0 Å². The van der Waals surface area contributed by atoms with Crippen LogP contribution in [-0.4, -0.2) is 23.5 Å². The van der Waals surface area contributed by atoms with Gasteiger partial charge in [-0.2, -0.15) is 0 Å². The Morgan fingerprint density at radius 1 is 1.25 bits per heavy atom. The molecule has 0 spiro atoms. The summed E-state index contributed by atoms with van der Waals surface area (Å²) in [6.45, 7) is 5.73. The highest BCUT2D eigenvalue weighted by Crippen LogP contribution is 2.37. The molecule has 4 heteroatoms. The maximum absolute atomic E-state index is 11.7. The highest BCUT2D eigenvalue weighted by molar-refractivity contribution is 5.82. The largest absolute Gasteiger partial charge is 0.481 e. The number of carbonyl (C=O) groups is 2. The molecule has 0 aliphatic heterocycles. The Balaban J connectivity index is 2.59. The van der Waals surface area contributed by atoms with Crippen molar-refractivity contribution in [1.29, 1.82) is 0 Å². The molecule has 1 fully saturated rings. The van der Waals surface area contributed by atoms with Crippen LogP contribution in [0.2, 0.25) is 0 Å². The van der Waals surface area contributed by atoms with Crippen LogP contribution in [0.15, 0.2) is 0 Å². The number of carbonyl (C=O) groups excluding carboxylic acids is 1. The van der Waals surface area contributed by atoms with E-state index in [1.165, 1.54) is 0 Å². The van der Waals surface area contributed by atoms with Crippen molar-refractivity contribution in [3.05, 3.63) is 0 Å². The minimum absolute atomic E-state index is 0.0833. The van der Waals surface area contributed by atoms with Gasteiger partial charge in [0.25, 0.3) is 0 Å². The molecule has 0 aromatic carbocycles. The summed E-state index contributed by atoms with van der Waals surface area (Å²) in [5, 5.41) is 12.0. The molecular weight excluding hydrogens is 206 g/mol. The van der Waals surface area contributed by atoms with Gasteiger partial charge in [-0.1, -0.05) is 33.6 Å². The first-order chi connectivity index (χ1) is 7.28. The van der Waals surface area contributed by atoms with Gasteiger partial charge in [0, 0.05) is 12.0 Å². The standard InChI is InChI=1S/C12H21NO3/c1-11(2,3)9(14)13-8-12(10(15)16)6-4-5-7-12/h4-8H2,1-3H3,(H,13,14)(H,15,16). The topological polar surface area (TPSA) is 66.4 Å². The number of carboxylic acids is 1. The lowest BCUT2D eigenvalue weighted by Gasteiger charge is -2.26. The van der Waals surface area contributed by atoms with E-state index in [1.807, 2.05) is 20.8 Å². The molecular formula is C12H21NO3. The van der Waals surface area contributed by atoms with Gasteiger partial charge < -0.3 is 10.4 Å². The SMILES string of the molecule is CC(C)(C)C(=O)NCC1(C(=O)O)CCCC1. The first-order valence-electron chi connectivity index (χ1n) is 5.80. The summed E-state index contributed by atoms with van der Waals surface area (Å²) in [5.74, 6) is -0.862. The van der Waals surface area contributed by atoms with E-state index in [0.717, 1.165) is 12.8 Å². The van der Waals surface area contributed by atoms with E-state index < -0.39 is 16.8 Å². The van der Waals surface area contributed by atoms with Crippen molar-refractivity contribution >= 4 is 11.9 Å². The van der Waals surface area contributed by atoms with Gasteiger partial charge in [-0.15, -0.1) is 0 Å². The van der Waals surface area contributed by atoms with E-state index in [9.17, 15) is 14.7 Å². The van der Waals surface area contributed by atoms with Crippen LogP contribution < -0.4 is 5.32 Å². The van der Waals surface area contributed by atoms with E-state index >= 15 is 0 Å². The molecule has 0 saturated heterocycles. The van der Waals surface area contributed by atoms with E-state index in [0.29, 0.717) is 12.8 Å². The first kappa shape index (κ1) is 13.0. The van der Waals surface area contributed by atoms with Gasteiger partial charge in [0.1, 0.15) is 0 Å². The molecule has 2 N–H and O–H groups in total. The summed E-state index contributed by atoms with van der Waals surface area (Å²) in [5.41, 5.74) is -1.18. The van der Waals surface area contributed by atoms with Crippen molar-refractivity contribution in [2.75, 3.05) is 6.54 Å². The molecule has 0 atom stereocenters. The molecule has 1 aliphatic rings. The van der Waals surface area contributed by atoms with Gasteiger partial charge in [0.2, 0.25) is 5.91 Å². The van der Waals surface area contributed by atoms with Gasteiger partial charge in [0.05, 0.1) is 5.41 Å². The zero-order valence-electron chi connectivity index (χ0n) is 10.3. The second kappa shape index (κ2) is 4.44. The number of aliphatic carboxylic acids is 1. The zero-order chi connectivity index (χ0) is 12.4. The molecule has 1 rings (SSSR count). The maximum Gasteiger partial charge on any atom is 0.311 e. The minimum atomic E-state index is -0.779. The number of nitrogens with one attached hydrogen (secondary N) is 1. The Morgan fingerprint density at radius 3 is 2.12 bits per heavy atom. The highest BCUT2D eigenvalue weighted by Gasteiger charge is 2.41. The van der Waals surface area contributed by atoms with Crippen molar-refractivity contribution in [3.8, 4) is 0 Å². The molecule has 0 radical (unpaired) electrons. The quantitative estimate of drug-likeness (QED) is 0.772. The van der Waals surface area contributed by atoms with Crippen LogP contribution in [0, 0.1) is 10.8 Å². The molecule has 1 amide bonds. The summed E-state index contributed by atoms with van der Waals surface area (Å²) in [4.78, 5) is 22.9. The normalized spacial score (nSPS) is 19.4. The Bertz CT molecular complexity index is 285. The monoisotopic (exact) mass is 227 g/mol. The number of hydrogen-bond acceptors (Lipinski definition) is 2. The fraction of sp³-hybridized carbons (Fsp3) is 0.833. The number of rotatable bonds is 3. The summed E-state index contributed by atoms with van der Waals surface area (Å²) >= 11 is 0. The molecule has 0 aromatic heterocycles. The molecule has 0 bridgehead atoms. The number of carboxylic acid groups (broad SMARTS) is 1. The van der Waals surface area contributed by atoms with Crippen LogP contribution in [0.4, 0.5) is 0 Å². The summed E-state index contributed by atoms with van der Waals surface area (Å²) in [7, 11) is 0. The molecule has 1 aliphatic carbocycles. The lowest BCUT2D eigenvalue weighted by molar-refractivity contribution is -0.148. The second-order valence-corrected chi connectivity index (χ2v) is 5.73. The Morgan fingerprint density at radius 2 is 1.75 bits per heavy atom. The maximum atomic E-state index is 11.7. The van der Waals surface area contributed by atoms with Gasteiger partial charge in [-0.3, -0.25) is 9.59 Å². The van der Waals surface area contributed by atoms with Crippen molar-refractivity contribution in [3.63, 3.8) is 0 Å². The van der Waals surface area contributed by atoms with Gasteiger partial charge >= 0.3 is 5.97 Å². The zero-order valence-corrected chi connectivity index (χ0v) is 10.3. The lowest BCUT2D eigenvalue weighted by atomic mass is 9.85. The fourth-order valence-electron chi connectivity index (χ4n) is 2.03. The summed E-state index contributed by atoms with van der Waals surface area (Å²) in [6.07, 6.45) is 3.23. The molecule has 0 aromatic rings. The first-order valence-corrected chi connectivity index (χ1v) is 5.80. The average molecular weight is 227 g/mol. The molecule has 92 valence electrons. The van der Waals surface area contributed by atoms with Crippen LogP contribution in [0.5, 0.6) is 0 Å². The third kappa shape index (κ3) is 2.74. The third-order valence-electron chi connectivity index (χ3n) is 3.28. The fourth-order valence-corrected chi connectivity index (χ4v) is 2.03. The Hall–Kier alpha value is -1.06. The average Bonchev–Trinajstić information content (AvgIpc) is 2.62. The highest BCUT2D eigenvalue weighted by atomic mass is 16.4. The van der Waals surface area contributed by atoms with E-state index in [1.54, 1.807) is 0 Å². The van der Waals surface area contributed by atoms with Crippen molar-refractivity contribution < 1.29 is 14.7 Å². The van der Waals surface area contributed by atoms with Crippen molar-refractivity contribution in [2.45, 2.75) is 46.5 Å². The van der Waals surface area contributed by atoms with Crippen LogP contribution >= 0.6 is 0 Å². The van der Waals surface area contributed by atoms with Crippen LogP contribution in [-0.2, 0) is 9.59 Å². The predicted octanol–water partition coefficient (Wildman–Crippen LogP) is 1.79. The minimum Gasteiger partial charge on any atom is -0.481 e. The molecule has 16 heavy (non-hydrogen) atoms. The molecule has 0 unspecified atom stereocenters. The smallest absolute Gasteiger partial charge is 0.311 e. The Labute approximate surface area is 96.4 Å². The van der Waals surface area contributed by atoms with Crippen LogP contribution in [0.1, 0.15) is 46.5 Å². The van der Waals surface area contributed by atoms with Crippen LogP contribution in [0.3, 0.4) is 0 Å². The number of hydrogen-bond donors (Lipinski definition) is 2. The lowest BCUT2D eigenvalue weighted by Crippen LogP contribution is -2.44. The van der Waals surface area contributed by atoms with Crippen molar-refractivity contribution in [2.24, 2.45) is 10.8 Å². The van der Waals surface area contributed by atoms with Crippen molar-refractivity contribution in [1.82, 2.24) is 5.32 Å². The Kier molecular flexibility index (Phi) is 3.61. The van der Waals surface area contributed by atoms with Gasteiger partial charge in [0.15, 0.2) is 0 Å². The van der Waals surface area contributed by atoms with Crippen LogP contribution in [0.25, 0.3) is 0 Å². The number of amides is 1. The van der Waals surface area contributed by atoms with E-state index in [2.05, 4.69) is 5.32 Å². The summed E-state index contributed by atoms with van der Waals surface area (Å²) in [6, 6.07) is 0. The second-order valence-electron chi connectivity index (χ2n) is 5.73.